The lowest BCUT2D eigenvalue weighted by Crippen LogP contribution is -2.46. The molecule has 0 aromatic rings. The summed E-state index contributed by atoms with van der Waals surface area (Å²) in [5.74, 6) is 1.64. The molecule has 3 N–H and O–H groups in total. The van der Waals surface area contributed by atoms with Crippen LogP contribution in [0.4, 0.5) is 0 Å². The first-order chi connectivity index (χ1) is 19.8. The van der Waals surface area contributed by atoms with E-state index in [1.165, 1.54) is 0 Å². The summed E-state index contributed by atoms with van der Waals surface area (Å²) in [6, 6.07) is 0. The van der Waals surface area contributed by atoms with Crippen molar-refractivity contribution in [2.24, 2.45) is 5.41 Å². The summed E-state index contributed by atoms with van der Waals surface area (Å²) in [6.07, 6.45) is 30.1. The number of aliphatic hydroxyl groups is 1. The van der Waals surface area contributed by atoms with Gasteiger partial charge in [-0.3, -0.25) is 9.59 Å². The molecule has 234 valence electrons. The molecule has 1 unspecified atom stereocenters. The zero-order valence-corrected chi connectivity index (χ0v) is 27.6. The number of ether oxygens (including phenoxy) is 1. The first-order valence-electron chi connectivity index (χ1n) is 15.1. The van der Waals surface area contributed by atoms with E-state index in [2.05, 4.69) is 78.3 Å². The van der Waals surface area contributed by atoms with Gasteiger partial charge < -0.3 is 20.5 Å². The van der Waals surface area contributed by atoms with E-state index in [-0.39, 0.29) is 11.8 Å². The smallest absolute Gasteiger partial charge is 0.249 e. The van der Waals surface area contributed by atoms with Crippen molar-refractivity contribution in [3.05, 3.63) is 60.8 Å². The van der Waals surface area contributed by atoms with Crippen molar-refractivity contribution in [1.29, 1.82) is 0 Å². The Morgan fingerprint density at radius 1 is 0.780 bits per heavy atom. The summed E-state index contributed by atoms with van der Waals surface area (Å²) in [5.41, 5.74) is -0.614. The highest BCUT2D eigenvalue weighted by Gasteiger charge is 2.33. The van der Waals surface area contributed by atoms with Gasteiger partial charge in [-0.2, -0.15) is 0 Å². The van der Waals surface area contributed by atoms with Gasteiger partial charge in [-0.1, -0.05) is 103 Å². The number of carbonyl (C=O) groups excluding carboxylic acids is 2. The van der Waals surface area contributed by atoms with Crippen LogP contribution < -0.4 is 10.6 Å². The molecule has 0 fully saturated rings. The number of amides is 2. The van der Waals surface area contributed by atoms with Crippen LogP contribution in [0.1, 0.15) is 85.0 Å². The van der Waals surface area contributed by atoms with Crippen LogP contribution in [0.5, 0.6) is 0 Å². The minimum absolute atomic E-state index is 0.120. The Labute approximate surface area is 258 Å². The third-order valence-corrected chi connectivity index (χ3v) is 8.47. The molecule has 2 amide bonds. The number of aliphatic hydroxyl groups excluding tert-OH is 1. The van der Waals surface area contributed by atoms with Crippen LogP contribution in [0.25, 0.3) is 0 Å². The molecule has 0 aliphatic heterocycles. The Kier molecular flexibility index (Phi) is 27.2. The Morgan fingerprint density at radius 2 is 1.34 bits per heavy atom. The minimum atomic E-state index is -1.08. The van der Waals surface area contributed by atoms with Crippen molar-refractivity contribution in [3.63, 3.8) is 0 Å². The Balaban J connectivity index is 3.56. The van der Waals surface area contributed by atoms with Gasteiger partial charge in [0.25, 0.3) is 0 Å². The van der Waals surface area contributed by atoms with Crippen molar-refractivity contribution in [2.45, 2.75) is 91.1 Å². The average Bonchev–Trinajstić information content (AvgIpc) is 2.95. The highest BCUT2D eigenvalue weighted by molar-refractivity contribution is 8.76. The van der Waals surface area contributed by atoms with Crippen molar-refractivity contribution in [3.8, 4) is 0 Å². The maximum absolute atomic E-state index is 12.1. The number of nitrogens with one attached hydrogen (secondary N) is 2. The fourth-order valence-electron chi connectivity index (χ4n) is 3.59. The van der Waals surface area contributed by atoms with E-state index in [0.717, 1.165) is 69.3 Å². The van der Waals surface area contributed by atoms with Gasteiger partial charge in [0.15, 0.2) is 0 Å². The standard InChI is InChI=1S/C33H56N2O4S2/c1-5-6-7-8-9-10-11-12-13-14-15-16-17-18-19-20-21-24-30(36)34-26-28-41-40-27-23-22-25-35-32(38)31(37)33(2,3)29-39-4/h6-7,9-10,12-13,15-16,18-19,31,37H,5,8,11,14,17,20-29H2,1-4H3,(H,34,36)(H,35,38)/b7-6-,10-9-,13-12-,16-15-,19-18-. The summed E-state index contributed by atoms with van der Waals surface area (Å²) in [4.78, 5) is 24.0. The minimum Gasteiger partial charge on any atom is -0.384 e. The molecule has 1 atom stereocenters. The van der Waals surface area contributed by atoms with Crippen molar-refractivity contribution in [1.82, 2.24) is 10.6 Å². The maximum Gasteiger partial charge on any atom is 0.249 e. The maximum atomic E-state index is 12.1. The summed E-state index contributed by atoms with van der Waals surface area (Å²) in [5, 5.41) is 15.9. The van der Waals surface area contributed by atoms with Crippen LogP contribution in [0.3, 0.4) is 0 Å². The van der Waals surface area contributed by atoms with E-state index < -0.39 is 11.5 Å². The van der Waals surface area contributed by atoms with Crippen LogP contribution in [0.15, 0.2) is 60.8 Å². The molecule has 0 aromatic carbocycles. The lowest BCUT2D eigenvalue weighted by atomic mass is 9.87. The highest BCUT2D eigenvalue weighted by atomic mass is 33.1. The third kappa shape index (κ3) is 25.7. The zero-order valence-electron chi connectivity index (χ0n) is 25.9. The largest absolute Gasteiger partial charge is 0.384 e. The van der Waals surface area contributed by atoms with Crippen molar-refractivity contribution < 1.29 is 19.4 Å². The number of rotatable bonds is 26. The first-order valence-corrected chi connectivity index (χ1v) is 17.5. The molecule has 0 spiro atoms. The molecule has 6 nitrogen and oxygen atoms in total. The highest BCUT2D eigenvalue weighted by Crippen LogP contribution is 2.22. The topological polar surface area (TPSA) is 87.7 Å². The lowest BCUT2D eigenvalue weighted by Gasteiger charge is -2.28. The second-order valence-electron chi connectivity index (χ2n) is 10.4. The van der Waals surface area contributed by atoms with E-state index in [4.69, 9.17) is 4.74 Å². The Bertz CT molecular complexity index is 807. The summed E-state index contributed by atoms with van der Waals surface area (Å²) < 4.78 is 5.07. The number of hydrogen-bond donors (Lipinski definition) is 3. The van der Waals surface area contributed by atoms with Gasteiger partial charge in [0.2, 0.25) is 11.8 Å². The summed E-state index contributed by atoms with van der Waals surface area (Å²) in [7, 11) is 5.10. The second kappa shape index (κ2) is 28.4. The monoisotopic (exact) mass is 608 g/mol. The van der Waals surface area contributed by atoms with Crippen LogP contribution in [-0.2, 0) is 14.3 Å². The van der Waals surface area contributed by atoms with Gasteiger partial charge in [-0.05, 0) is 57.8 Å². The van der Waals surface area contributed by atoms with E-state index in [9.17, 15) is 14.7 Å². The molecule has 0 aliphatic rings. The first kappa shape index (κ1) is 39.3. The van der Waals surface area contributed by atoms with E-state index in [0.29, 0.717) is 26.1 Å². The van der Waals surface area contributed by atoms with Crippen LogP contribution in [0.2, 0.25) is 0 Å². The lowest BCUT2D eigenvalue weighted by molar-refractivity contribution is -0.137. The summed E-state index contributed by atoms with van der Waals surface area (Å²) in [6.45, 7) is 7.33. The fourth-order valence-corrected chi connectivity index (χ4v) is 5.64. The van der Waals surface area contributed by atoms with E-state index >= 15 is 0 Å². The molecular weight excluding hydrogens is 553 g/mol. The normalized spacial score (nSPS) is 13.4. The average molecular weight is 609 g/mol. The molecule has 0 heterocycles. The quantitative estimate of drug-likeness (QED) is 0.0541. The third-order valence-electron chi connectivity index (χ3n) is 5.98. The van der Waals surface area contributed by atoms with Crippen LogP contribution in [0, 0.1) is 5.41 Å². The number of allylic oxidation sites excluding steroid dienone is 10. The molecular formula is C33H56N2O4S2. The Hall–Kier alpha value is -1.74. The fraction of sp³-hybridized carbons (Fsp3) is 0.636. The van der Waals surface area contributed by atoms with E-state index in [1.807, 2.05) is 13.8 Å². The van der Waals surface area contributed by atoms with E-state index in [1.54, 1.807) is 28.7 Å². The molecule has 0 aromatic heterocycles. The number of methoxy groups -OCH3 is 1. The molecule has 0 bridgehead atoms. The van der Waals surface area contributed by atoms with Crippen LogP contribution >= 0.6 is 21.6 Å². The molecule has 0 saturated heterocycles. The van der Waals surface area contributed by atoms with Gasteiger partial charge >= 0.3 is 0 Å². The second-order valence-corrected chi connectivity index (χ2v) is 13.1. The van der Waals surface area contributed by atoms with Gasteiger partial charge in [-0.15, -0.1) is 0 Å². The number of unbranched alkanes of at least 4 members (excludes halogenated alkanes) is 2. The molecule has 41 heavy (non-hydrogen) atoms. The SMILES string of the molecule is CC/C=C\C/C=C\C/C=C\C/C=C\C/C=C\CCCC(=O)NCCSSCCCCNC(=O)C(O)C(C)(C)COC. The number of carbonyl (C=O) groups is 2. The van der Waals surface area contributed by atoms with Gasteiger partial charge in [0, 0.05) is 43.5 Å². The molecule has 0 saturated carbocycles. The zero-order chi connectivity index (χ0) is 30.4. The van der Waals surface area contributed by atoms with Gasteiger partial charge in [0.05, 0.1) is 6.61 Å². The molecule has 0 aliphatic carbocycles. The molecule has 8 heteroatoms. The predicted octanol–water partition coefficient (Wildman–Crippen LogP) is 7.34. The summed E-state index contributed by atoms with van der Waals surface area (Å²) >= 11 is 0. The van der Waals surface area contributed by atoms with Crippen molar-refractivity contribution >= 4 is 33.4 Å². The Morgan fingerprint density at radius 3 is 1.93 bits per heavy atom. The number of hydrogen-bond acceptors (Lipinski definition) is 6. The van der Waals surface area contributed by atoms with Crippen molar-refractivity contribution in [2.75, 3.05) is 38.3 Å². The molecule has 0 rings (SSSR count). The molecule has 0 radical (unpaired) electrons. The predicted molar refractivity (Wildman–Crippen MR) is 180 cm³/mol. The van der Waals surface area contributed by atoms with Gasteiger partial charge in [0.1, 0.15) is 6.10 Å². The van der Waals surface area contributed by atoms with Gasteiger partial charge in [-0.25, -0.2) is 0 Å². The van der Waals surface area contributed by atoms with Crippen LogP contribution in [-0.4, -0.2) is 61.3 Å².